The predicted molar refractivity (Wildman–Crippen MR) is 67.9 cm³/mol. The Bertz CT molecular complexity index is 486. The van der Waals surface area contributed by atoms with E-state index < -0.39 is 0 Å². The van der Waals surface area contributed by atoms with Crippen LogP contribution in [0.2, 0.25) is 0 Å². The first-order chi connectivity index (χ1) is 8.22. The SMILES string of the molecule is CCCc1c(C)nc(-c2ccccc2)nc1O. The van der Waals surface area contributed by atoms with Crippen molar-refractivity contribution in [2.75, 3.05) is 0 Å². The third kappa shape index (κ3) is 2.44. The second-order valence-electron chi connectivity index (χ2n) is 4.05. The normalized spacial score (nSPS) is 10.5. The molecular formula is C14H16N2O. The van der Waals surface area contributed by atoms with Crippen molar-refractivity contribution < 1.29 is 5.11 Å². The van der Waals surface area contributed by atoms with Crippen LogP contribution in [0.25, 0.3) is 11.4 Å². The summed E-state index contributed by atoms with van der Waals surface area (Å²) in [4.78, 5) is 8.62. The van der Waals surface area contributed by atoms with Gasteiger partial charge in [0.1, 0.15) is 0 Å². The molecule has 2 aromatic rings. The molecule has 0 radical (unpaired) electrons. The summed E-state index contributed by atoms with van der Waals surface area (Å²) in [5.41, 5.74) is 2.64. The molecule has 0 aliphatic heterocycles. The van der Waals surface area contributed by atoms with Gasteiger partial charge in [-0.25, -0.2) is 4.98 Å². The summed E-state index contributed by atoms with van der Waals surface area (Å²) in [6.45, 7) is 3.99. The lowest BCUT2D eigenvalue weighted by atomic mass is 10.1. The molecular weight excluding hydrogens is 212 g/mol. The van der Waals surface area contributed by atoms with Crippen LogP contribution in [-0.4, -0.2) is 15.1 Å². The molecule has 0 amide bonds. The van der Waals surface area contributed by atoms with Crippen molar-refractivity contribution in [3.8, 4) is 17.3 Å². The zero-order valence-corrected chi connectivity index (χ0v) is 10.1. The molecule has 1 heterocycles. The van der Waals surface area contributed by atoms with E-state index in [1.54, 1.807) is 0 Å². The van der Waals surface area contributed by atoms with Gasteiger partial charge in [-0.05, 0) is 13.3 Å². The van der Waals surface area contributed by atoms with Gasteiger partial charge in [0.05, 0.1) is 0 Å². The average molecular weight is 228 g/mol. The molecule has 1 aromatic heterocycles. The Morgan fingerprint density at radius 3 is 2.41 bits per heavy atom. The van der Waals surface area contributed by atoms with Gasteiger partial charge in [-0.2, -0.15) is 4.98 Å². The second-order valence-corrected chi connectivity index (χ2v) is 4.05. The topological polar surface area (TPSA) is 46.0 Å². The highest BCUT2D eigenvalue weighted by Gasteiger charge is 2.10. The summed E-state index contributed by atoms with van der Waals surface area (Å²) in [5, 5.41) is 9.91. The molecule has 0 atom stereocenters. The molecule has 1 N–H and O–H groups in total. The first-order valence-electron chi connectivity index (χ1n) is 5.84. The van der Waals surface area contributed by atoms with E-state index in [9.17, 15) is 5.11 Å². The van der Waals surface area contributed by atoms with Gasteiger partial charge in [0, 0.05) is 16.8 Å². The van der Waals surface area contributed by atoms with Crippen molar-refractivity contribution >= 4 is 0 Å². The number of nitrogens with zero attached hydrogens (tertiary/aromatic N) is 2. The zero-order valence-electron chi connectivity index (χ0n) is 10.1. The summed E-state index contributed by atoms with van der Waals surface area (Å²) < 4.78 is 0. The van der Waals surface area contributed by atoms with Crippen LogP contribution in [-0.2, 0) is 6.42 Å². The van der Waals surface area contributed by atoms with Crippen LogP contribution < -0.4 is 0 Å². The molecule has 1 aromatic carbocycles. The number of hydrogen-bond donors (Lipinski definition) is 1. The Morgan fingerprint density at radius 1 is 1.12 bits per heavy atom. The minimum Gasteiger partial charge on any atom is -0.493 e. The van der Waals surface area contributed by atoms with Crippen LogP contribution in [0.3, 0.4) is 0 Å². The Labute approximate surface area is 101 Å². The van der Waals surface area contributed by atoms with Crippen molar-refractivity contribution in [2.24, 2.45) is 0 Å². The molecule has 88 valence electrons. The largest absolute Gasteiger partial charge is 0.493 e. The van der Waals surface area contributed by atoms with Gasteiger partial charge in [0.2, 0.25) is 5.88 Å². The zero-order chi connectivity index (χ0) is 12.3. The van der Waals surface area contributed by atoms with E-state index in [4.69, 9.17) is 0 Å². The van der Waals surface area contributed by atoms with Crippen molar-refractivity contribution in [3.63, 3.8) is 0 Å². The van der Waals surface area contributed by atoms with E-state index >= 15 is 0 Å². The number of aromatic nitrogens is 2. The summed E-state index contributed by atoms with van der Waals surface area (Å²) in [6, 6.07) is 9.69. The highest BCUT2D eigenvalue weighted by atomic mass is 16.3. The third-order valence-corrected chi connectivity index (χ3v) is 2.72. The van der Waals surface area contributed by atoms with E-state index in [1.807, 2.05) is 37.3 Å². The monoisotopic (exact) mass is 228 g/mol. The lowest BCUT2D eigenvalue weighted by Gasteiger charge is -2.08. The number of hydrogen-bond acceptors (Lipinski definition) is 3. The maximum absolute atomic E-state index is 9.91. The first-order valence-corrected chi connectivity index (χ1v) is 5.84. The van der Waals surface area contributed by atoms with Gasteiger partial charge in [0.25, 0.3) is 0 Å². The fourth-order valence-corrected chi connectivity index (χ4v) is 1.84. The van der Waals surface area contributed by atoms with E-state index in [0.717, 1.165) is 29.7 Å². The number of benzene rings is 1. The van der Waals surface area contributed by atoms with E-state index in [-0.39, 0.29) is 5.88 Å². The van der Waals surface area contributed by atoms with Gasteiger partial charge in [0.15, 0.2) is 5.82 Å². The van der Waals surface area contributed by atoms with Crippen molar-refractivity contribution in [1.29, 1.82) is 0 Å². The highest BCUT2D eigenvalue weighted by molar-refractivity contribution is 5.56. The molecule has 17 heavy (non-hydrogen) atoms. The molecule has 0 fully saturated rings. The predicted octanol–water partition coefficient (Wildman–Crippen LogP) is 3.11. The molecule has 0 aliphatic rings. The van der Waals surface area contributed by atoms with Crippen molar-refractivity contribution in [3.05, 3.63) is 41.6 Å². The molecule has 2 rings (SSSR count). The molecule has 0 saturated heterocycles. The molecule has 0 bridgehead atoms. The van der Waals surface area contributed by atoms with Gasteiger partial charge in [-0.15, -0.1) is 0 Å². The van der Waals surface area contributed by atoms with Crippen LogP contribution >= 0.6 is 0 Å². The van der Waals surface area contributed by atoms with E-state index in [1.165, 1.54) is 0 Å². The number of aromatic hydroxyl groups is 1. The van der Waals surface area contributed by atoms with E-state index in [2.05, 4.69) is 16.9 Å². The maximum atomic E-state index is 9.91. The third-order valence-electron chi connectivity index (χ3n) is 2.72. The quantitative estimate of drug-likeness (QED) is 0.878. The van der Waals surface area contributed by atoms with Gasteiger partial charge in [-0.1, -0.05) is 43.7 Å². The smallest absolute Gasteiger partial charge is 0.217 e. The highest BCUT2D eigenvalue weighted by Crippen LogP contribution is 2.23. The second kappa shape index (κ2) is 4.95. The Kier molecular flexibility index (Phi) is 3.38. The van der Waals surface area contributed by atoms with Crippen LogP contribution in [0.1, 0.15) is 24.6 Å². The van der Waals surface area contributed by atoms with Crippen molar-refractivity contribution in [1.82, 2.24) is 9.97 Å². The van der Waals surface area contributed by atoms with Crippen LogP contribution in [0, 0.1) is 6.92 Å². The minimum atomic E-state index is 0.109. The lowest BCUT2D eigenvalue weighted by Crippen LogP contribution is -1.99. The number of aryl methyl sites for hydroxylation is 1. The Hall–Kier alpha value is -1.90. The Morgan fingerprint density at radius 2 is 1.82 bits per heavy atom. The fraction of sp³-hybridized carbons (Fsp3) is 0.286. The van der Waals surface area contributed by atoms with Gasteiger partial charge >= 0.3 is 0 Å². The summed E-state index contributed by atoms with van der Waals surface area (Å²) in [7, 11) is 0. The Balaban J connectivity index is 2.46. The first kappa shape index (κ1) is 11.6. The summed E-state index contributed by atoms with van der Waals surface area (Å²) in [6.07, 6.45) is 1.79. The summed E-state index contributed by atoms with van der Waals surface area (Å²) in [5.74, 6) is 0.693. The number of rotatable bonds is 3. The molecule has 0 unspecified atom stereocenters. The van der Waals surface area contributed by atoms with Crippen molar-refractivity contribution in [2.45, 2.75) is 26.7 Å². The summed E-state index contributed by atoms with van der Waals surface area (Å²) >= 11 is 0. The van der Waals surface area contributed by atoms with E-state index in [0.29, 0.717) is 5.82 Å². The molecule has 0 saturated carbocycles. The van der Waals surface area contributed by atoms with Gasteiger partial charge < -0.3 is 5.11 Å². The molecule has 3 heteroatoms. The fourth-order valence-electron chi connectivity index (χ4n) is 1.84. The average Bonchev–Trinajstić information content (AvgIpc) is 2.35. The minimum absolute atomic E-state index is 0.109. The molecule has 0 aliphatic carbocycles. The van der Waals surface area contributed by atoms with Crippen LogP contribution in [0.15, 0.2) is 30.3 Å². The lowest BCUT2D eigenvalue weighted by molar-refractivity contribution is 0.443. The van der Waals surface area contributed by atoms with Gasteiger partial charge in [-0.3, -0.25) is 0 Å². The standard InChI is InChI=1S/C14H16N2O/c1-3-7-12-10(2)15-13(16-14(12)17)11-8-5-4-6-9-11/h4-6,8-9H,3,7H2,1-2H3,(H,15,16,17). The molecule has 0 spiro atoms. The maximum Gasteiger partial charge on any atom is 0.217 e. The van der Waals surface area contributed by atoms with Crippen LogP contribution in [0.5, 0.6) is 5.88 Å². The van der Waals surface area contributed by atoms with Crippen LogP contribution in [0.4, 0.5) is 0 Å². The molecule has 3 nitrogen and oxygen atoms in total.